The number of aromatic nitrogens is 1. The van der Waals surface area contributed by atoms with Gasteiger partial charge < -0.3 is 10.6 Å². The third kappa shape index (κ3) is 1.91. The van der Waals surface area contributed by atoms with Crippen LogP contribution in [0.15, 0.2) is 5.38 Å². The lowest BCUT2D eigenvalue weighted by atomic mass is 10.1. The normalized spacial score (nSPS) is 21.9. The maximum atomic E-state index is 5.66. The Morgan fingerprint density at radius 3 is 3.14 bits per heavy atom. The van der Waals surface area contributed by atoms with Crippen molar-refractivity contribution in [3.63, 3.8) is 0 Å². The van der Waals surface area contributed by atoms with Crippen molar-refractivity contribution in [1.29, 1.82) is 0 Å². The summed E-state index contributed by atoms with van der Waals surface area (Å²) >= 11 is 1.76. The predicted molar refractivity (Wildman–Crippen MR) is 60.9 cm³/mol. The number of rotatable bonds is 3. The number of hydrogen-bond acceptors (Lipinski definition) is 4. The second-order valence-corrected chi connectivity index (χ2v) is 4.65. The fourth-order valence-electron chi connectivity index (χ4n) is 1.80. The van der Waals surface area contributed by atoms with Crippen LogP contribution in [0.5, 0.6) is 0 Å². The third-order valence-corrected chi connectivity index (χ3v) is 3.74. The van der Waals surface area contributed by atoms with Crippen molar-refractivity contribution in [2.75, 3.05) is 24.5 Å². The molecule has 0 spiro atoms. The Balaban J connectivity index is 2.02. The molecule has 78 valence electrons. The highest BCUT2D eigenvalue weighted by Crippen LogP contribution is 2.26. The highest BCUT2D eigenvalue weighted by atomic mass is 32.1. The summed E-state index contributed by atoms with van der Waals surface area (Å²) in [5.41, 5.74) is 6.87. The van der Waals surface area contributed by atoms with E-state index >= 15 is 0 Å². The first-order valence-corrected chi connectivity index (χ1v) is 6.11. The van der Waals surface area contributed by atoms with Gasteiger partial charge in [-0.1, -0.05) is 6.92 Å². The highest BCUT2D eigenvalue weighted by molar-refractivity contribution is 7.13. The van der Waals surface area contributed by atoms with Crippen LogP contribution in [-0.2, 0) is 6.42 Å². The molecule has 0 amide bonds. The molecule has 1 atom stereocenters. The van der Waals surface area contributed by atoms with Crippen LogP contribution in [-0.4, -0.2) is 24.6 Å². The van der Waals surface area contributed by atoms with Gasteiger partial charge in [0, 0.05) is 18.5 Å². The van der Waals surface area contributed by atoms with Gasteiger partial charge in [-0.2, -0.15) is 0 Å². The molecule has 1 fully saturated rings. The molecule has 1 aromatic heterocycles. The topological polar surface area (TPSA) is 42.1 Å². The van der Waals surface area contributed by atoms with Crippen molar-refractivity contribution in [3.8, 4) is 0 Å². The van der Waals surface area contributed by atoms with Crippen molar-refractivity contribution in [2.24, 2.45) is 11.7 Å². The van der Waals surface area contributed by atoms with Crippen molar-refractivity contribution in [2.45, 2.75) is 19.8 Å². The maximum Gasteiger partial charge on any atom is 0.185 e. The standard InChI is InChI=1S/C10H17N3S/c1-2-9-7-14-10(12-9)13-4-3-8(5-11)6-13/h7-8H,2-6,11H2,1H3. The van der Waals surface area contributed by atoms with E-state index in [0.29, 0.717) is 5.92 Å². The van der Waals surface area contributed by atoms with Crippen LogP contribution in [0.3, 0.4) is 0 Å². The van der Waals surface area contributed by atoms with Crippen molar-refractivity contribution < 1.29 is 0 Å². The molecule has 0 bridgehead atoms. The summed E-state index contributed by atoms with van der Waals surface area (Å²) in [6.45, 7) is 5.17. The number of aryl methyl sites for hydroxylation is 1. The van der Waals surface area contributed by atoms with Gasteiger partial charge in [-0.15, -0.1) is 11.3 Å². The lowest BCUT2D eigenvalue weighted by molar-refractivity contribution is 0.602. The Morgan fingerprint density at radius 2 is 2.57 bits per heavy atom. The molecule has 1 unspecified atom stereocenters. The molecule has 1 aliphatic heterocycles. The lowest BCUT2D eigenvalue weighted by Gasteiger charge is -2.13. The van der Waals surface area contributed by atoms with E-state index in [0.717, 1.165) is 26.1 Å². The number of nitrogens with zero attached hydrogens (tertiary/aromatic N) is 2. The van der Waals surface area contributed by atoms with Crippen LogP contribution in [0, 0.1) is 5.92 Å². The SMILES string of the molecule is CCc1csc(N2CCC(CN)C2)n1. The molecular weight excluding hydrogens is 194 g/mol. The molecule has 14 heavy (non-hydrogen) atoms. The molecule has 0 aromatic carbocycles. The fraction of sp³-hybridized carbons (Fsp3) is 0.700. The van der Waals surface area contributed by atoms with E-state index < -0.39 is 0 Å². The van der Waals surface area contributed by atoms with Crippen LogP contribution >= 0.6 is 11.3 Å². The number of thiazole rings is 1. The molecular formula is C10H17N3S. The Labute approximate surface area is 88.9 Å². The lowest BCUT2D eigenvalue weighted by Crippen LogP contribution is -2.22. The van der Waals surface area contributed by atoms with E-state index in [2.05, 4.69) is 22.2 Å². The van der Waals surface area contributed by atoms with Crippen LogP contribution < -0.4 is 10.6 Å². The minimum atomic E-state index is 0.670. The molecule has 2 rings (SSSR count). The van der Waals surface area contributed by atoms with E-state index in [9.17, 15) is 0 Å². The average Bonchev–Trinajstić information content (AvgIpc) is 2.86. The van der Waals surface area contributed by atoms with E-state index in [-0.39, 0.29) is 0 Å². The minimum Gasteiger partial charge on any atom is -0.348 e. The van der Waals surface area contributed by atoms with Gasteiger partial charge >= 0.3 is 0 Å². The largest absolute Gasteiger partial charge is 0.348 e. The first kappa shape index (κ1) is 9.93. The quantitative estimate of drug-likeness (QED) is 0.823. The van der Waals surface area contributed by atoms with Gasteiger partial charge in [0.2, 0.25) is 0 Å². The zero-order chi connectivity index (χ0) is 9.97. The van der Waals surface area contributed by atoms with E-state index in [1.165, 1.54) is 17.2 Å². The summed E-state index contributed by atoms with van der Waals surface area (Å²) in [5, 5.41) is 3.34. The van der Waals surface area contributed by atoms with Crippen molar-refractivity contribution >= 4 is 16.5 Å². The van der Waals surface area contributed by atoms with Crippen LogP contribution in [0.2, 0.25) is 0 Å². The minimum absolute atomic E-state index is 0.670. The zero-order valence-corrected chi connectivity index (χ0v) is 9.39. The summed E-state index contributed by atoms with van der Waals surface area (Å²) in [7, 11) is 0. The summed E-state index contributed by atoms with van der Waals surface area (Å²) in [6, 6.07) is 0. The average molecular weight is 211 g/mol. The monoisotopic (exact) mass is 211 g/mol. The fourth-order valence-corrected chi connectivity index (χ4v) is 2.75. The second-order valence-electron chi connectivity index (χ2n) is 3.81. The number of nitrogens with two attached hydrogens (primary N) is 1. The summed E-state index contributed by atoms with van der Waals surface area (Å²) < 4.78 is 0. The maximum absolute atomic E-state index is 5.66. The number of anilines is 1. The van der Waals surface area contributed by atoms with Crippen LogP contribution in [0.1, 0.15) is 19.0 Å². The van der Waals surface area contributed by atoms with Gasteiger partial charge in [-0.25, -0.2) is 4.98 Å². The van der Waals surface area contributed by atoms with Crippen molar-refractivity contribution in [1.82, 2.24) is 4.98 Å². The first-order chi connectivity index (χ1) is 6.83. The summed E-state index contributed by atoms with van der Waals surface area (Å²) in [4.78, 5) is 6.95. The Kier molecular flexibility index (Phi) is 3.03. The van der Waals surface area contributed by atoms with Gasteiger partial charge in [-0.05, 0) is 25.3 Å². The highest BCUT2D eigenvalue weighted by Gasteiger charge is 2.23. The number of hydrogen-bond donors (Lipinski definition) is 1. The smallest absolute Gasteiger partial charge is 0.185 e. The van der Waals surface area contributed by atoms with Crippen LogP contribution in [0.25, 0.3) is 0 Å². The molecule has 3 nitrogen and oxygen atoms in total. The Hall–Kier alpha value is -0.610. The molecule has 4 heteroatoms. The van der Waals surface area contributed by atoms with Gasteiger partial charge in [-0.3, -0.25) is 0 Å². The Morgan fingerprint density at radius 1 is 1.71 bits per heavy atom. The molecule has 0 aliphatic carbocycles. The molecule has 1 aromatic rings. The molecule has 0 radical (unpaired) electrons. The summed E-state index contributed by atoms with van der Waals surface area (Å²) in [5.74, 6) is 0.670. The molecule has 2 heterocycles. The van der Waals surface area contributed by atoms with E-state index in [1.807, 2.05) is 0 Å². The second kappa shape index (κ2) is 4.28. The predicted octanol–water partition coefficient (Wildman–Crippen LogP) is 1.49. The van der Waals surface area contributed by atoms with Crippen LogP contribution in [0.4, 0.5) is 5.13 Å². The zero-order valence-electron chi connectivity index (χ0n) is 8.57. The third-order valence-electron chi connectivity index (χ3n) is 2.79. The molecule has 1 saturated heterocycles. The summed E-state index contributed by atoms with van der Waals surface area (Å²) in [6.07, 6.45) is 2.25. The molecule has 2 N–H and O–H groups in total. The van der Waals surface area contributed by atoms with E-state index in [1.54, 1.807) is 11.3 Å². The van der Waals surface area contributed by atoms with Gasteiger partial charge in [0.25, 0.3) is 0 Å². The van der Waals surface area contributed by atoms with Gasteiger partial charge in [0.1, 0.15) is 0 Å². The van der Waals surface area contributed by atoms with Gasteiger partial charge in [0.05, 0.1) is 5.69 Å². The van der Waals surface area contributed by atoms with Crippen molar-refractivity contribution in [3.05, 3.63) is 11.1 Å². The van der Waals surface area contributed by atoms with E-state index in [4.69, 9.17) is 5.73 Å². The van der Waals surface area contributed by atoms with Gasteiger partial charge in [0.15, 0.2) is 5.13 Å². The molecule has 1 aliphatic rings. The molecule has 0 saturated carbocycles. The Bertz CT molecular complexity index is 297. The first-order valence-electron chi connectivity index (χ1n) is 5.23.